The molecule has 1 unspecified atom stereocenters. The molecule has 4 heterocycles. The first-order chi connectivity index (χ1) is 17.2. The Balaban J connectivity index is 1.04. The summed E-state index contributed by atoms with van der Waals surface area (Å²) < 4.78 is 0. The second-order valence-corrected chi connectivity index (χ2v) is 9.83. The molecule has 8 nitrogen and oxygen atoms in total. The zero-order valence-electron chi connectivity index (χ0n) is 20.0. The van der Waals surface area contributed by atoms with Gasteiger partial charge in [0, 0.05) is 50.7 Å². The van der Waals surface area contributed by atoms with E-state index in [0.717, 1.165) is 74.2 Å². The van der Waals surface area contributed by atoms with Gasteiger partial charge < -0.3 is 14.7 Å². The highest BCUT2D eigenvalue weighted by Gasteiger charge is 2.32. The first-order valence-electron chi connectivity index (χ1n) is 12.8. The lowest BCUT2D eigenvalue weighted by molar-refractivity contribution is -0.136. The van der Waals surface area contributed by atoms with Crippen LogP contribution in [0.25, 0.3) is 11.3 Å². The molecule has 3 aromatic rings. The summed E-state index contributed by atoms with van der Waals surface area (Å²) in [5, 5.41) is 17.8. The number of anilines is 2. The highest BCUT2D eigenvalue weighted by Crippen LogP contribution is 2.38. The molecular formula is C27H31N7O. The predicted molar refractivity (Wildman–Crippen MR) is 135 cm³/mol. The van der Waals surface area contributed by atoms with E-state index >= 15 is 0 Å². The van der Waals surface area contributed by atoms with Crippen LogP contribution in [0.3, 0.4) is 0 Å². The molecule has 180 valence electrons. The number of carbonyl (C=O) groups is 1. The van der Waals surface area contributed by atoms with Crippen molar-refractivity contribution in [3.8, 4) is 11.3 Å². The first kappa shape index (κ1) is 21.9. The highest BCUT2D eigenvalue weighted by molar-refractivity contribution is 5.80. The van der Waals surface area contributed by atoms with Gasteiger partial charge in [-0.1, -0.05) is 30.3 Å². The van der Waals surface area contributed by atoms with Crippen LogP contribution in [0.5, 0.6) is 0 Å². The molecule has 3 fully saturated rings. The van der Waals surface area contributed by atoms with Crippen molar-refractivity contribution in [2.45, 2.75) is 31.6 Å². The van der Waals surface area contributed by atoms with Crippen LogP contribution < -0.4 is 9.80 Å². The average molecular weight is 470 g/mol. The van der Waals surface area contributed by atoms with E-state index in [1.807, 2.05) is 47.4 Å². The lowest BCUT2D eigenvalue weighted by atomic mass is 9.96. The number of hydrogen-bond donors (Lipinski definition) is 0. The Labute approximate surface area is 206 Å². The number of piperazine rings is 1. The van der Waals surface area contributed by atoms with Crippen LogP contribution in [-0.2, 0) is 4.79 Å². The lowest BCUT2D eigenvalue weighted by Gasteiger charge is -2.39. The van der Waals surface area contributed by atoms with Crippen LogP contribution in [0, 0.1) is 5.92 Å². The van der Waals surface area contributed by atoms with Crippen LogP contribution >= 0.6 is 0 Å². The molecule has 0 spiro atoms. The standard InChI is InChI=1S/C27H31N7O/c35-27(33-17-15-32(16-18-33)25-12-10-24(29-30-25)21-8-9-21)22-7-4-14-34(19-22)26-13-11-23(28-31-26)20-5-2-1-3-6-20/h1-3,5-6,10-13,21-22H,4,7-9,14-19H2. The Morgan fingerprint density at radius 1 is 0.714 bits per heavy atom. The maximum Gasteiger partial charge on any atom is 0.227 e. The number of nitrogens with zero attached hydrogens (tertiary/aromatic N) is 7. The zero-order valence-corrected chi connectivity index (χ0v) is 20.0. The van der Waals surface area contributed by atoms with E-state index < -0.39 is 0 Å². The van der Waals surface area contributed by atoms with Gasteiger partial charge in [-0.3, -0.25) is 4.79 Å². The summed E-state index contributed by atoms with van der Waals surface area (Å²) in [5.74, 6) is 2.65. The molecule has 0 bridgehead atoms. The van der Waals surface area contributed by atoms with E-state index in [4.69, 9.17) is 0 Å². The molecular weight excluding hydrogens is 438 g/mol. The van der Waals surface area contributed by atoms with Gasteiger partial charge in [-0.15, -0.1) is 15.3 Å². The van der Waals surface area contributed by atoms with E-state index in [0.29, 0.717) is 12.5 Å². The summed E-state index contributed by atoms with van der Waals surface area (Å²) in [5.41, 5.74) is 3.04. The Bertz CT molecular complexity index is 1140. The minimum absolute atomic E-state index is 0.00326. The minimum Gasteiger partial charge on any atom is -0.354 e. The van der Waals surface area contributed by atoms with Gasteiger partial charge in [-0.05, 0) is 49.9 Å². The quantitative estimate of drug-likeness (QED) is 0.567. The Hall–Kier alpha value is -3.55. The second kappa shape index (κ2) is 9.60. The molecule has 6 rings (SSSR count). The van der Waals surface area contributed by atoms with Crippen molar-refractivity contribution in [3.63, 3.8) is 0 Å². The van der Waals surface area contributed by atoms with Gasteiger partial charge in [-0.25, -0.2) is 0 Å². The molecule has 2 aromatic heterocycles. The molecule has 0 N–H and O–H groups in total. The number of aromatic nitrogens is 4. The van der Waals surface area contributed by atoms with Crippen LogP contribution in [0.15, 0.2) is 54.6 Å². The topological polar surface area (TPSA) is 78.4 Å². The molecule has 1 aromatic carbocycles. The van der Waals surface area contributed by atoms with Crippen LogP contribution in [0.1, 0.15) is 37.3 Å². The third kappa shape index (κ3) is 4.83. The lowest BCUT2D eigenvalue weighted by Crippen LogP contribution is -2.53. The van der Waals surface area contributed by atoms with Gasteiger partial charge in [0.05, 0.1) is 17.3 Å². The number of piperidine rings is 1. The monoisotopic (exact) mass is 469 g/mol. The molecule has 8 heteroatoms. The van der Waals surface area contributed by atoms with Crippen molar-refractivity contribution in [1.29, 1.82) is 0 Å². The number of rotatable bonds is 5. The molecule has 2 aliphatic heterocycles. The summed E-state index contributed by atoms with van der Waals surface area (Å²) in [6, 6.07) is 18.3. The molecule has 1 saturated carbocycles. The van der Waals surface area contributed by atoms with Crippen LogP contribution in [-0.4, -0.2) is 70.5 Å². The van der Waals surface area contributed by atoms with Crippen molar-refractivity contribution in [2.24, 2.45) is 5.92 Å². The molecule has 3 aliphatic rings. The van der Waals surface area contributed by atoms with Gasteiger partial charge >= 0.3 is 0 Å². The minimum atomic E-state index is 0.00326. The summed E-state index contributed by atoms with van der Waals surface area (Å²) in [6.07, 6.45) is 4.39. The summed E-state index contributed by atoms with van der Waals surface area (Å²) >= 11 is 0. The third-order valence-corrected chi connectivity index (χ3v) is 7.40. The Morgan fingerprint density at radius 3 is 2.14 bits per heavy atom. The first-order valence-corrected chi connectivity index (χ1v) is 12.8. The molecule has 1 aliphatic carbocycles. The van der Waals surface area contributed by atoms with E-state index in [-0.39, 0.29) is 11.8 Å². The van der Waals surface area contributed by atoms with Gasteiger partial charge in [0.1, 0.15) is 0 Å². The molecule has 2 saturated heterocycles. The van der Waals surface area contributed by atoms with Crippen LogP contribution in [0.4, 0.5) is 11.6 Å². The van der Waals surface area contributed by atoms with Gasteiger partial charge in [0.15, 0.2) is 11.6 Å². The maximum atomic E-state index is 13.4. The summed E-state index contributed by atoms with van der Waals surface area (Å²) in [6.45, 7) is 4.66. The summed E-state index contributed by atoms with van der Waals surface area (Å²) in [7, 11) is 0. The average Bonchev–Trinajstić information content (AvgIpc) is 3.79. The van der Waals surface area contributed by atoms with Gasteiger partial charge in [-0.2, -0.15) is 5.10 Å². The fourth-order valence-electron chi connectivity index (χ4n) is 5.16. The fourth-order valence-corrected chi connectivity index (χ4v) is 5.16. The van der Waals surface area contributed by atoms with Crippen molar-refractivity contribution < 1.29 is 4.79 Å². The van der Waals surface area contributed by atoms with E-state index in [1.165, 1.54) is 12.8 Å². The molecule has 1 amide bonds. The number of amides is 1. The Kier molecular flexibility index (Phi) is 6.02. The second-order valence-electron chi connectivity index (χ2n) is 9.83. The van der Waals surface area contributed by atoms with Crippen molar-refractivity contribution in [2.75, 3.05) is 49.1 Å². The van der Waals surface area contributed by atoms with Crippen LogP contribution in [0.2, 0.25) is 0 Å². The smallest absolute Gasteiger partial charge is 0.227 e. The number of hydrogen-bond acceptors (Lipinski definition) is 7. The molecule has 1 atom stereocenters. The number of benzene rings is 1. The van der Waals surface area contributed by atoms with Crippen molar-refractivity contribution >= 4 is 17.5 Å². The Morgan fingerprint density at radius 2 is 1.46 bits per heavy atom. The van der Waals surface area contributed by atoms with Crippen molar-refractivity contribution in [3.05, 3.63) is 60.3 Å². The van der Waals surface area contributed by atoms with Gasteiger partial charge in [0.2, 0.25) is 5.91 Å². The molecule has 0 radical (unpaired) electrons. The largest absolute Gasteiger partial charge is 0.354 e. The van der Waals surface area contributed by atoms with E-state index in [9.17, 15) is 4.79 Å². The highest BCUT2D eigenvalue weighted by atomic mass is 16.2. The predicted octanol–water partition coefficient (Wildman–Crippen LogP) is 3.38. The summed E-state index contributed by atoms with van der Waals surface area (Å²) in [4.78, 5) is 19.8. The van der Waals surface area contributed by atoms with Gasteiger partial charge in [0.25, 0.3) is 0 Å². The third-order valence-electron chi connectivity index (χ3n) is 7.40. The molecule has 35 heavy (non-hydrogen) atoms. The van der Waals surface area contributed by atoms with E-state index in [1.54, 1.807) is 0 Å². The fraction of sp³-hybridized carbons (Fsp3) is 0.444. The SMILES string of the molecule is O=C(C1CCCN(c2ccc(-c3ccccc3)nn2)C1)N1CCN(c2ccc(C3CC3)nn2)CC1. The zero-order chi connectivity index (χ0) is 23.6. The van der Waals surface area contributed by atoms with E-state index in [2.05, 4.69) is 42.3 Å². The normalized spacial score (nSPS) is 20.7. The number of carbonyl (C=O) groups excluding carboxylic acids is 1. The maximum absolute atomic E-state index is 13.4. The van der Waals surface area contributed by atoms with Crippen molar-refractivity contribution in [1.82, 2.24) is 25.3 Å².